The normalized spacial score (nSPS) is 14.9. The standard InChI is InChI=1S/C25H28N2O7/c1-7-8-16-11-15(13-20(31-5)21(16)34-25(2,3)4)12-18-22(28)27(24(30)26-18)14-17-9-10-19(33-17)23(29)32-6/h7,9-13H,1,8,14H2,2-6H3,(H,26,30). The van der Waals surface area contributed by atoms with Crippen LogP contribution in [-0.4, -0.2) is 42.6 Å². The van der Waals surface area contributed by atoms with Crippen LogP contribution in [0.25, 0.3) is 6.08 Å². The molecule has 0 unspecified atom stereocenters. The Hall–Kier alpha value is -4.01. The number of ether oxygens (including phenoxy) is 3. The Morgan fingerprint density at radius 1 is 1.21 bits per heavy atom. The molecule has 2 heterocycles. The number of allylic oxidation sites excluding steroid dienone is 1. The number of carbonyl (C=O) groups excluding carboxylic acids is 3. The highest BCUT2D eigenvalue weighted by molar-refractivity contribution is 6.13. The molecule has 0 aliphatic carbocycles. The lowest BCUT2D eigenvalue weighted by Gasteiger charge is -2.25. The van der Waals surface area contributed by atoms with Crippen molar-refractivity contribution >= 4 is 24.0 Å². The minimum Gasteiger partial charge on any atom is -0.493 e. The van der Waals surface area contributed by atoms with Crippen molar-refractivity contribution in [2.45, 2.75) is 39.3 Å². The van der Waals surface area contributed by atoms with Crippen molar-refractivity contribution in [1.29, 1.82) is 0 Å². The van der Waals surface area contributed by atoms with E-state index in [-0.39, 0.29) is 23.8 Å². The Bertz CT molecular complexity index is 1150. The topological polar surface area (TPSA) is 107 Å². The first kappa shape index (κ1) is 24.6. The van der Waals surface area contributed by atoms with Crippen LogP contribution in [0.15, 0.2) is 47.0 Å². The fourth-order valence-electron chi connectivity index (χ4n) is 3.36. The van der Waals surface area contributed by atoms with E-state index in [1.54, 1.807) is 18.2 Å². The molecular formula is C25H28N2O7. The predicted octanol–water partition coefficient (Wildman–Crippen LogP) is 4.07. The lowest BCUT2D eigenvalue weighted by Crippen LogP contribution is -2.30. The van der Waals surface area contributed by atoms with Crippen molar-refractivity contribution in [3.05, 3.63) is 65.3 Å². The predicted molar refractivity (Wildman–Crippen MR) is 124 cm³/mol. The zero-order valence-electron chi connectivity index (χ0n) is 19.9. The molecule has 0 radical (unpaired) electrons. The summed E-state index contributed by atoms with van der Waals surface area (Å²) < 4.78 is 21.6. The maximum atomic E-state index is 12.9. The number of nitrogens with one attached hydrogen (secondary N) is 1. The summed E-state index contributed by atoms with van der Waals surface area (Å²) in [6.07, 6.45) is 3.84. The van der Waals surface area contributed by atoms with Crippen LogP contribution in [0, 0.1) is 0 Å². The molecule has 1 aliphatic rings. The molecular weight excluding hydrogens is 440 g/mol. The molecule has 9 nitrogen and oxygen atoms in total. The molecule has 180 valence electrons. The number of urea groups is 1. The van der Waals surface area contributed by atoms with Crippen molar-refractivity contribution in [1.82, 2.24) is 10.2 Å². The second-order valence-electron chi connectivity index (χ2n) is 8.56. The molecule has 1 saturated heterocycles. The summed E-state index contributed by atoms with van der Waals surface area (Å²) in [7, 11) is 2.77. The van der Waals surface area contributed by atoms with E-state index in [4.69, 9.17) is 13.9 Å². The first-order valence-corrected chi connectivity index (χ1v) is 10.6. The maximum Gasteiger partial charge on any atom is 0.373 e. The van der Waals surface area contributed by atoms with E-state index < -0.39 is 23.5 Å². The van der Waals surface area contributed by atoms with Crippen LogP contribution < -0.4 is 14.8 Å². The molecule has 1 fully saturated rings. The molecule has 1 aromatic heterocycles. The lowest BCUT2D eigenvalue weighted by molar-refractivity contribution is -0.123. The van der Waals surface area contributed by atoms with E-state index in [0.717, 1.165) is 10.5 Å². The molecule has 1 aliphatic heterocycles. The molecule has 34 heavy (non-hydrogen) atoms. The number of furan rings is 1. The molecule has 2 aromatic rings. The Balaban J connectivity index is 1.89. The molecule has 0 spiro atoms. The molecule has 1 aromatic carbocycles. The SMILES string of the molecule is C=CCc1cc(C=C2NC(=O)N(Cc3ccc(C(=O)OC)o3)C2=O)cc(OC)c1OC(C)(C)C. The van der Waals surface area contributed by atoms with E-state index in [0.29, 0.717) is 23.5 Å². The van der Waals surface area contributed by atoms with Gasteiger partial charge < -0.3 is 23.9 Å². The summed E-state index contributed by atoms with van der Waals surface area (Å²) in [5.41, 5.74) is 1.13. The molecule has 3 amide bonds. The number of hydrogen-bond acceptors (Lipinski definition) is 7. The summed E-state index contributed by atoms with van der Waals surface area (Å²) in [6, 6.07) is 5.92. The van der Waals surface area contributed by atoms with Crippen molar-refractivity contribution in [2.24, 2.45) is 0 Å². The number of nitrogens with zero attached hydrogens (tertiary/aromatic N) is 1. The van der Waals surface area contributed by atoms with Gasteiger partial charge in [0.2, 0.25) is 5.76 Å². The molecule has 1 N–H and O–H groups in total. The number of benzene rings is 1. The monoisotopic (exact) mass is 468 g/mol. The fourth-order valence-corrected chi connectivity index (χ4v) is 3.36. The third-order valence-electron chi connectivity index (χ3n) is 4.78. The average Bonchev–Trinajstić information content (AvgIpc) is 3.34. The van der Waals surface area contributed by atoms with E-state index in [2.05, 4.69) is 16.6 Å². The fraction of sp³-hybridized carbons (Fsp3) is 0.320. The lowest BCUT2D eigenvalue weighted by atomic mass is 10.0. The summed E-state index contributed by atoms with van der Waals surface area (Å²) in [5, 5.41) is 2.58. The number of rotatable bonds is 8. The first-order chi connectivity index (χ1) is 16.1. The second-order valence-corrected chi connectivity index (χ2v) is 8.56. The second kappa shape index (κ2) is 9.86. The van der Waals surface area contributed by atoms with Crippen LogP contribution >= 0.6 is 0 Å². The van der Waals surface area contributed by atoms with Gasteiger partial charge in [0.05, 0.1) is 20.8 Å². The summed E-state index contributed by atoms with van der Waals surface area (Å²) in [5.74, 6) is 0.177. The minimum absolute atomic E-state index is 0.0141. The van der Waals surface area contributed by atoms with Gasteiger partial charge in [0.1, 0.15) is 17.1 Å². The number of amides is 3. The highest BCUT2D eigenvalue weighted by Crippen LogP contribution is 2.36. The Morgan fingerprint density at radius 2 is 1.94 bits per heavy atom. The van der Waals surface area contributed by atoms with E-state index in [9.17, 15) is 14.4 Å². The quantitative estimate of drug-likeness (QED) is 0.269. The Kier molecular flexibility index (Phi) is 7.14. The number of carbonyl (C=O) groups is 3. The summed E-state index contributed by atoms with van der Waals surface area (Å²) in [4.78, 5) is 37.9. The number of hydrogen-bond donors (Lipinski definition) is 1. The Labute approximate surface area is 198 Å². The first-order valence-electron chi connectivity index (χ1n) is 10.6. The van der Waals surface area contributed by atoms with Crippen LogP contribution in [-0.2, 0) is 22.5 Å². The van der Waals surface area contributed by atoms with Crippen LogP contribution in [0.4, 0.5) is 4.79 Å². The van der Waals surface area contributed by atoms with Gasteiger partial charge in [-0.05, 0) is 63.1 Å². The highest BCUT2D eigenvalue weighted by atomic mass is 16.5. The van der Waals surface area contributed by atoms with E-state index in [1.807, 2.05) is 26.8 Å². The molecule has 0 atom stereocenters. The maximum absolute atomic E-state index is 12.9. The molecule has 0 bridgehead atoms. The van der Waals surface area contributed by atoms with E-state index in [1.165, 1.54) is 26.4 Å². The van der Waals surface area contributed by atoms with Crippen LogP contribution in [0.3, 0.4) is 0 Å². The molecule has 3 rings (SSSR count). The Morgan fingerprint density at radius 3 is 2.56 bits per heavy atom. The number of imide groups is 1. The van der Waals surface area contributed by atoms with Gasteiger partial charge in [-0.2, -0.15) is 0 Å². The average molecular weight is 469 g/mol. The number of esters is 1. The van der Waals surface area contributed by atoms with Gasteiger partial charge in [-0.15, -0.1) is 6.58 Å². The van der Waals surface area contributed by atoms with Gasteiger partial charge >= 0.3 is 12.0 Å². The highest BCUT2D eigenvalue weighted by Gasteiger charge is 2.34. The minimum atomic E-state index is -0.646. The van der Waals surface area contributed by atoms with Crippen LogP contribution in [0.2, 0.25) is 0 Å². The largest absolute Gasteiger partial charge is 0.493 e. The smallest absolute Gasteiger partial charge is 0.373 e. The summed E-state index contributed by atoms with van der Waals surface area (Å²) >= 11 is 0. The van der Waals surface area contributed by atoms with Crippen molar-refractivity contribution in [3.8, 4) is 11.5 Å². The van der Waals surface area contributed by atoms with Gasteiger partial charge in [0.25, 0.3) is 5.91 Å². The van der Waals surface area contributed by atoms with E-state index >= 15 is 0 Å². The zero-order chi connectivity index (χ0) is 25.0. The van der Waals surface area contributed by atoms with Crippen LogP contribution in [0.1, 0.15) is 48.2 Å². The van der Waals surface area contributed by atoms with Gasteiger partial charge in [-0.1, -0.05) is 6.08 Å². The van der Waals surface area contributed by atoms with Gasteiger partial charge in [0.15, 0.2) is 11.5 Å². The van der Waals surface area contributed by atoms with Gasteiger partial charge in [-0.3, -0.25) is 9.69 Å². The van der Waals surface area contributed by atoms with Crippen LogP contribution in [0.5, 0.6) is 11.5 Å². The van der Waals surface area contributed by atoms with Crippen molar-refractivity contribution < 1.29 is 33.0 Å². The van der Waals surface area contributed by atoms with Gasteiger partial charge in [0, 0.05) is 5.56 Å². The molecule has 9 heteroatoms. The third-order valence-corrected chi connectivity index (χ3v) is 4.78. The van der Waals surface area contributed by atoms with Crippen molar-refractivity contribution in [2.75, 3.05) is 14.2 Å². The number of methoxy groups -OCH3 is 2. The third kappa shape index (κ3) is 5.48. The zero-order valence-corrected chi connectivity index (χ0v) is 19.9. The molecule has 0 saturated carbocycles. The van der Waals surface area contributed by atoms with Gasteiger partial charge in [-0.25, -0.2) is 9.59 Å². The van der Waals surface area contributed by atoms with Crippen molar-refractivity contribution in [3.63, 3.8) is 0 Å². The summed E-state index contributed by atoms with van der Waals surface area (Å²) in [6.45, 7) is 9.48.